The van der Waals surface area contributed by atoms with Crippen LogP contribution in [-0.4, -0.2) is 75.6 Å². The van der Waals surface area contributed by atoms with Crippen LogP contribution in [0.4, 0.5) is 5.13 Å². The minimum absolute atomic E-state index is 0.0135. The summed E-state index contributed by atoms with van der Waals surface area (Å²) in [6.07, 6.45) is 12.4. The van der Waals surface area contributed by atoms with Gasteiger partial charge in [0.25, 0.3) is 5.56 Å². The summed E-state index contributed by atoms with van der Waals surface area (Å²) in [5, 5.41) is 5.50. The monoisotopic (exact) mass is 484 g/mol. The number of amides is 1. The normalized spacial score (nSPS) is 23.4. The number of fused-ring (bicyclic) bond motifs is 2. The van der Waals surface area contributed by atoms with Gasteiger partial charge in [0.1, 0.15) is 0 Å². The van der Waals surface area contributed by atoms with E-state index in [0.29, 0.717) is 10.9 Å². The summed E-state index contributed by atoms with van der Waals surface area (Å²) in [7, 11) is 0. The van der Waals surface area contributed by atoms with Gasteiger partial charge in [-0.3, -0.25) is 14.5 Å². The molecule has 2 aliphatic heterocycles. The van der Waals surface area contributed by atoms with E-state index in [1.807, 2.05) is 0 Å². The molecule has 2 saturated heterocycles. The Morgan fingerprint density at radius 2 is 1.59 bits per heavy atom. The molecule has 1 amide bonds. The first-order valence-corrected chi connectivity index (χ1v) is 14.2. The molecule has 3 fully saturated rings. The lowest BCUT2D eigenvalue weighted by molar-refractivity contribution is -0.138. The molecule has 6 rings (SSSR count). The number of hydrogen-bond donors (Lipinski definition) is 0. The van der Waals surface area contributed by atoms with E-state index in [1.165, 1.54) is 48.0 Å². The molecule has 4 aliphatic rings. The molecule has 0 bridgehead atoms. The number of rotatable bonds is 3. The third-order valence-corrected chi connectivity index (χ3v) is 9.47. The van der Waals surface area contributed by atoms with Crippen LogP contribution < -0.4 is 10.5 Å². The van der Waals surface area contributed by atoms with E-state index in [9.17, 15) is 9.59 Å². The highest BCUT2D eigenvalue weighted by Gasteiger charge is 2.33. The van der Waals surface area contributed by atoms with Gasteiger partial charge in [-0.1, -0.05) is 30.6 Å². The van der Waals surface area contributed by atoms with Crippen molar-refractivity contribution in [1.82, 2.24) is 24.4 Å². The first-order valence-electron chi connectivity index (χ1n) is 13.4. The molecule has 9 heteroatoms. The maximum absolute atomic E-state index is 13.2. The highest BCUT2D eigenvalue weighted by molar-refractivity contribution is 7.20. The minimum Gasteiger partial charge on any atom is -0.347 e. The number of piperidine rings is 1. The van der Waals surface area contributed by atoms with Gasteiger partial charge in [0.15, 0.2) is 0 Å². The molecular weight excluding hydrogens is 448 g/mol. The van der Waals surface area contributed by atoms with E-state index in [4.69, 9.17) is 4.98 Å². The molecule has 1 saturated carbocycles. The van der Waals surface area contributed by atoms with Crippen LogP contribution in [0.1, 0.15) is 69.0 Å². The van der Waals surface area contributed by atoms with E-state index in [2.05, 4.69) is 19.8 Å². The van der Waals surface area contributed by atoms with Gasteiger partial charge in [-0.15, -0.1) is 5.10 Å². The van der Waals surface area contributed by atoms with Crippen LogP contribution in [0.2, 0.25) is 0 Å². The van der Waals surface area contributed by atoms with E-state index < -0.39 is 0 Å². The number of hydrogen-bond acceptors (Lipinski definition) is 7. The standard InChI is InChI=1S/C25H36N6O2S/c32-22(29-16-14-28(15-17-29)19-6-2-1-3-7-19)18-10-12-30(13-11-18)25-27-31-23(33)20-8-4-5-9-21(20)26-24(31)34-25/h18-19H,1-17H2. The Morgan fingerprint density at radius 1 is 0.853 bits per heavy atom. The minimum atomic E-state index is 0.0135. The molecule has 0 atom stereocenters. The van der Waals surface area contributed by atoms with Crippen molar-refractivity contribution in [2.45, 2.75) is 76.7 Å². The molecule has 0 spiro atoms. The summed E-state index contributed by atoms with van der Waals surface area (Å²) in [5.41, 5.74) is 1.84. The molecule has 0 radical (unpaired) electrons. The number of aryl methyl sites for hydroxylation is 1. The van der Waals surface area contributed by atoms with Gasteiger partial charge in [-0.25, -0.2) is 4.98 Å². The summed E-state index contributed by atoms with van der Waals surface area (Å²) in [6.45, 7) is 5.46. The Hall–Kier alpha value is -2.00. The highest BCUT2D eigenvalue weighted by Crippen LogP contribution is 2.29. The van der Waals surface area contributed by atoms with Crippen molar-refractivity contribution in [2.24, 2.45) is 5.92 Å². The van der Waals surface area contributed by atoms with Crippen LogP contribution in [0.25, 0.3) is 4.96 Å². The van der Waals surface area contributed by atoms with Crippen LogP contribution in [0.3, 0.4) is 0 Å². The number of nitrogens with zero attached hydrogens (tertiary/aromatic N) is 6. The Kier molecular flexibility index (Phi) is 6.32. The van der Waals surface area contributed by atoms with E-state index in [-0.39, 0.29) is 11.5 Å². The zero-order valence-corrected chi connectivity index (χ0v) is 20.9. The molecule has 0 N–H and O–H groups in total. The van der Waals surface area contributed by atoms with Gasteiger partial charge in [-0.05, 0) is 51.4 Å². The third kappa shape index (κ3) is 4.26. The molecule has 0 unspecified atom stereocenters. The second-order valence-corrected chi connectivity index (χ2v) is 11.5. The Labute approximate surface area is 204 Å². The molecule has 2 aromatic heterocycles. The van der Waals surface area contributed by atoms with Gasteiger partial charge in [0.2, 0.25) is 16.0 Å². The summed E-state index contributed by atoms with van der Waals surface area (Å²) >= 11 is 1.51. The molecular formula is C25H36N6O2S. The van der Waals surface area contributed by atoms with Gasteiger partial charge in [0, 0.05) is 56.8 Å². The summed E-state index contributed by atoms with van der Waals surface area (Å²) in [6, 6.07) is 0.746. The van der Waals surface area contributed by atoms with Gasteiger partial charge < -0.3 is 9.80 Å². The van der Waals surface area contributed by atoms with Crippen molar-refractivity contribution in [1.29, 1.82) is 0 Å². The number of carbonyl (C=O) groups is 1. The second-order valence-electron chi connectivity index (χ2n) is 10.5. The van der Waals surface area contributed by atoms with E-state index in [1.54, 1.807) is 0 Å². The molecule has 2 aliphatic carbocycles. The van der Waals surface area contributed by atoms with Crippen LogP contribution in [0, 0.1) is 5.92 Å². The smallest absolute Gasteiger partial charge is 0.278 e. The fraction of sp³-hybridized carbons (Fsp3) is 0.760. The van der Waals surface area contributed by atoms with E-state index in [0.717, 1.165) is 100 Å². The second kappa shape index (κ2) is 9.57. The Morgan fingerprint density at radius 3 is 2.35 bits per heavy atom. The topological polar surface area (TPSA) is 74.0 Å². The Bertz CT molecular complexity index is 1090. The van der Waals surface area contributed by atoms with Crippen LogP contribution >= 0.6 is 11.3 Å². The zero-order chi connectivity index (χ0) is 23.1. The van der Waals surface area contributed by atoms with Crippen LogP contribution in [0.15, 0.2) is 4.79 Å². The number of carbonyl (C=O) groups excluding carboxylic acids is 1. The summed E-state index contributed by atoms with van der Waals surface area (Å²) < 4.78 is 1.51. The molecule has 4 heterocycles. The highest BCUT2D eigenvalue weighted by atomic mass is 32.1. The van der Waals surface area contributed by atoms with Crippen molar-refractivity contribution >= 4 is 27.3 Å². The maximum Gasteiger partial charge on any atom is 0.278 e. The predicted molar refractivity (Wildman–Crippen MR) is 134 cm³/mol. The number of piperazine rings is 1. The average molecular weight is 485 g/mol. The predicted octanol–water partition coefficient (Wildman–Crippen LogP) is 2.72. The van der Waals surface area contributed by atoms with Gasteiger partial charge >= 0.3 is 0 Å². The number of anilines is 1. The fourth-order valence-electron chi connectivity index (χ4n) is 6.42. The molecule has 8 nitrogen and oxygen atoms in total. The lowest BCUT2D eigenvalue weighted by Gasteiger charge is -2.42. The summed E-state index contributed by atoms with van der Waals surface area (Å²) in [4.78, 5) is 38.6. The lowest BCUT2D eigenvalue weighted by Crippen LogP contribution is -2.54. The van der Waals surface area contributed by atoms with Crippen LogP contribution in [0.5, 0.6) is 0 Å². The Balaban J connectivity index is 1.06. The molecule has 34 heavy (non-hydrogen) atoms. The SMILES string of the molecule is O=C(C1CCN(c2nn3c(=O)c4c(nc3s2)CCCC4)CC1)N1CCN(C2CCCCC2)CC1. The molecule has 0 aromatic carbocycles. The number of aromatic nitrogens is 3. The summed E-state index contributed by atoms with van der Waals surface area (Å²) in [5.74, 6) is 0.456. The first kappa shape index (κ1) is 22.5. The quantitative estimate of drug-likeness (QED) is 0.667. The maximum atomic E-state index is 13.2. The van der Waals surface area contributed by atoms with Gasteiger partial charge in [0.05, 0.1) is 5.69 Å². The largest absolute Gasteiger partial charge is 0.347 e. The van der Waals surface area contributed by atoms with Crippen molar-refractivity contribution in [3.8, 4) is 0 Å². The molecule has 184 valence electrons. The van der Waals surface area contributed by atoms with Crippen LogP contribution in [-0.2, 0) is 17.6 Å². The van der Waals surface area contributed by atoms with Crippen molar-refractivity contribution < 1.29 is 4.79 Å². The van der Waals surface area contributed by atoms with Crippen molar-refractivity contribution in [3.05, 3.63) is 21.6 Å². The van der Waals surface area contributed by atoms with Crippen molar-refractivity contribution in [2.75, 3.05) is 44.2 Å². The van der Waals surface area contributed by atoms with E-state index >= 15 is 0 Å². The van der Waals surface area contributed by atoms with Crippen molar-refractivity contribution in [3.63, 3.8) is 0 Å². The zero-order valence-electron chi connectivity index (χ0n) is 20.1. The fourth-order valence-corrected chi connectivity index (χ4v) is 7.38. The third-order valence-electron chi connectivity index (χ3n) is 8.50. The van der Waals surface area contributed by atoms with Gasteiger partial charge in [-0.2, -0.15) is 4.52 Å². The average Bonchev–Trinajstić information content (AvgIpc) is 3.34. The lowest BCUT2D eigenvalue weighted by atomic mass is 9.93. The molecule has 2 aromatic rings. The first-order chi connectivity index (χ1) is 16.7.